The van der Waals surface area contributed by atoms with Crippen molar-refractivity contribution in [2.45, 2.75) is 12.8 Å². The summed E-state index contributed by atoms with van der Waals surface area (Å²) in [6, 6.07) is 0. The number of nitrogens with zero attached hydrogens (tertiary/aromatic N) is 1. The van der Waals surface area contributed by atoms with E-state index in [9.17, 15) is 0 Å². The smallest absolute Gasteiger partial charge is 0.0491 e. The molecule has 0 atom stereocenters. The maximum absolute atomic E-state index is 3.33. The summed E-state index contributed by atoms with van der Waals surface area (Å²) in [7, 11) is 0. The van der Waals surface area contributed by atoms with Crippen LogP contribution in [-0.4, -0.2) is 10.5 Å². The van der Waals surface area contributed by atoms with Gasteiger partial charge in [-0.2, -0.15) is 0 Å². The zero-order valence-electron chi connectivity index (χ0n) is 4.10. The largest absolute Gasteiger partial charge is 0.316 e. The lowest BCUT2D eigenvalue weighted by Gasteiger charge is -2.13. The fourth-order valence-electron chi connectivity index (χ4n) is 0.624. The standard InChI is InChI=1S/C5H8BrN/c6-7-4-2-1-3-5-7/h2,4H,1,3,5H2. The zero-order valence-corrected chi connectivity index (χ0v) is 5.69. The summed E-state index contributed by atoms with van der Waals surface area (Å²) in [5.74, 6) is 0. The molecule has 0 unspecified atom stereocenters. The van der Waals surface area contributed by atoms with Crippen LogP contribution in [0.2, 0.25) is 0 Å². The van der Waals surface area contributed by atoms with Crippen LogP contribution < -0.4 is 0 Å². The third kappa shape index (κ3) is 1.51. The summed E-state index contributed by atoms with van der Waals surface area (Å²) in [4.78, 5) is 0. The lowest BCUT2D eigenvalue weighted by molar-refractivity contribution is 0.576. The van der Waals surface area contributed by atoms with Crippen LogP contribution in [0, 0.1) is 0 Å². The SMILES string of the molecule is BrN1C=CCCC1. The molecular formula is C5H8BrN. The molecule has 7 heavy (non-hydrogen) atoms. The van der Waals surface area contributed by atoms with Crippen LogP contribution in [0.15, 0.2) is 12.3 Å². The van der Waals surface area contributed by atoms with Gasteiger partial charge in [-0.25, -0.2) is 0 Å². The predicted molar refractivity (Wildman–Crippen MR) is 34.0 cm³/mol. The second-order valence-electron chi connectivity index (χ2n) is 1.65. The summed E-state index contributed by atoms with van der Waals surface area (Å²) in [5, 5.41) is 0. The maximum Gasteiger partial charge on any atom is 0.0491 e. The van der Waals surface area contributed by atoms with E-state index in [1.807, 2.05) is 3.93 Å². The molecule has 0 saturated heterocycles. The molecule has 2 heteroatoms. The van der Waals surface area contributed by atoms with Crippen molar-refractivity contribution in [3.8, 4) is 0 Å². The Labute approximate surface area is 52.3 Å². The van der Waals surface area contributed by atoms with Crippen LogP contribution in [0.25, 0.3) is 0 Å². The summed E-state index contributed by atoms with van der Waals surface area (Å²) in [6.45, 7) is 1.15. The van der Waals surface area contributed by atoms with Crippen LogP contribution in [-0.2, 0) is 0 Å². The van der Waals surface area contributed by atoms with Crippen LogP contribution in [0.4, 0.5) is 0 Å². The van der Waals surface area contributed by atoms with Gasteiger partial charge in [0.1, 0.15) is 0 Å². The van der Waals surface area contributed by atoms with Gasteiger partial charge in [0.05, 0.1) is 0 Å². The average Bonchev–Trinajstić information content (AvgIpc) is 1.69. The van der Waals surface area contributed by atoms with Crippen molar-refractivity contribution in [2.24, 2.45) is 0 Å². The number of allylic oxidation sites excluding steroid dienone is 1. The highest BCUT2D eigenvalue weighted by atomic mass is 79.9. The van der Waals surface area contributed by atoms with Gasteiger partial charge >= 0.3 is 0 Å². The van der Waals surface area contributed by atoms with Gasteiger partial charge in [-0.05, 0) is 12.8 Å². The molecule has 0 radical (unpaired) electrons. The van der Waals surface area contributed by atoms with Gasteiger partial charge in [0.15, 0.2) is 0 Å². The second kappa shape index (κ2) is 2.36. The first-order chi connectivity index (χ1) is 3.39. The third-order valence-electron chi connectivity index (χ3n) is 1.01. The van der Waals surface area contributed by atoms with Crippen LogP contribution in [0.5, 0.6) is 0 Å². The highest BCUT2D eigenvalue weighted by Crippen LogP contribution is 2.08. The molecule has 1 nitrogen and oxygen atoms in total. The predicted octanol–water partition coefficient (Wildman–Crippen LogP) is 1.91. The Balaban J connectivity index is 2.36. The van der Waals surface area contributed by atoms with Gasteiger partial charge in [-0.3, -0.25) is 0 Å². The van der Waals surface area contributed by atoms with E-state index in [2.05, 4.69) is 28.4 Å². The minimum atomic E-state index is 1.15. The Hall–Kier alpha value is 0.0200. The molecule has 1 rings (SSSR count). The molecule has 0 aromatic heterocycles. The lowest BCUT2D eigenvalue weighted by Crippen LogP contribution is -2.07. The normalized spacial score (nSPS) is 20.4. The molecule has 0 spiro atoms. The third-order valence-corrected chi connectivity index (χ3v) is 1.60. The van der Waals surface area contributed by atoms with Crippen molar-refractivity contribution in [2.75, 3.05) is 6.54 Å². The molecule has 0 fully saturated rings. The van der Waals surface area contributed by atoms with Crippen molar-refractivity contribution in [3.05, 3.63) is 12.3 Å². The Morgan fingerprint density at radius 2 is 2.43 bits per heavy atom. The van der Waals surface area contributed by atoms with Crippen molar-refractivity contribution in [1.82, 2.24) is 3.93 Å². The van der Waals surface area contributed by atoms with E-state index in [1.165, 1.54) is 12.8 Å². The molecule has 40 valence electrons. The van der Waals surface area contributed by atoms with Gasteiger partial charge in [-0.15, -0.1) is 0 Å². The maximum atomic E-state index is 3.33. The van der Waals surface area contributed by atoms with Crippen molar-refractivity contribution < 1.29 is 0 Å². The molecule has 1 heterocycles. The fraction of sp³-hybridized carbons (Fsp3) is 0.600. The zero-order chi connectivity index (χ0) is 5.11. The second-order valence-corrected chi connectivity index (χ2v) is 2.56. The number of hydrogen-bond acceptors (Lipinski definition) is 1. The van der Waals surface area contributed by atoms with E-state index in [1.54, 1.807) is 0 Å². The number of rotatable bonds is 0. The molecule has 0 amide bonds. The lowest BCUT2D eigenvalue weighted by atomic mass is 10.2. The number of halogens is 1. The minimum Gasteiger partial charge on any atom is -0.316 e. The summed E-state index contributed by atoms with van der Waals surface area (Å²) >= 11 is 3.33. The molecule has 0 aliphatic carbocycles. The first kappa shape index (κ1) is 5.16. The molecule has 0 bridgehead atoms. The first-order valence-electron chi connectivity index (χ1n) is 2.49. The fourth-order valence-corrected chi connectivity index (χ4v) is 1.04. The van der Waals surface area contributed by atoms with Gasteiger partial charge in [0.25, 0.3) is 0 Å². The van der Waals surface area contributed by atoms with Gasteiger partial charge < -0.3 is 3.93 Å². The van der Waals surface area contributed by atoms with E-state index in [4.69, 9.17) is 0 Å². The van der Waals surface area contributed by atoms with E-state index in [0.29, 0.717) is 0 Å². The van der Waals surface area contributed by atoms with Gasteiger partial charge in [-0.1, -0.05) is 6.08 Å². The monoisotopic (exact) mass is 161 g/mol. The molecule has 0 N–H and O–H groups in total. The average molecular weight is 162 g/mol. The van der Waals surface area contributed by atoms with Crippen LogP contribution in [0.1, 0.15) is 12.8 Å². The van der Waals surface area contributed by atoms with Gasteiger partial charge in [0, 0.05) is 28.9 Å². The molecule has 1 aliphatic heterocycles. The Morgan fingerprint density at radius 3 is 2.71 bits per heavy atom. The van der Waals surface area contributed by atoms with Crippen molar-refractivity contribution in [3.63, 3.8) is 0 Å². The molecule has 0 aromatic carbocycles. The summed E-state index contributed by atoms with van der Waals surface area (Å²) < 4.78 is 2.02. The Morgan fingerprint density at radius 1 is 1.57 bits per heavy atom. The highest BCUT2D eigenvalue weighted by molar-refractivity contribution is 9.07. The highest BCUT2D eigenvalue weighted by Gasteiger charge is 1.95. The first-order valence-corrected chi connectivity index (χ1v) is 3.19. The van der Waals surface area contributed by atoms with Crippen molar-refractivity contribution in [1.29, 1.82) is 0 Å². The van der Waals surface area contributed by atoms with Crippen molar-refractivity contribution >= 4 is 16.1 Å². The number of hydrogen-bond donors (Lipinski definition) is 0. The minimum absolute atomic E-state index is 1.15. The van der Waals surface area contributed by atoms with Crippen LogP contribution >= 0.6 is 16.1 Å². The van der Waals surface area contributed by atoms with E-state index in [0.717, 1.165) is 6.54 Å². The molecule has 0 saturated carbocycles. The van der Waals surface area contributed by atoms with E-state index < -0.39 is 0 Å². The molecular weight excluding hydrogens is 154 g/mol. The van der Waals surface area contributed by atoms with Gasteiger partial charge in [0.2, 0.25) is 0 Å². The quantitative estimate of drug-likeness (QED) is 0.491. The van der Waals surface area contributed by atoms with E-state index >= 15 is 0 Å². The summed E-state index contributed by atoms with van der Waals surface area (Å²) in [6.07, 6.45) is 6.74. The summed E-state index contributed by atoms with van der Waals surface area (Å²) in [5.41, 5.74) is 0. The molecule has 0 aromatic rings. The Bertz CT molecular complexity index is 80.1. The van der Waals surface area contributed by atoms with E-state index in [-0.39, 0.29) is 0 Å². The van der Waals surface area contributed by atoms with Crippen LogP contribution in [0.3, 0.4) is 0 Å². The Kier molecular flexibility index (Phi) is 1.74. The topological polar surface area (TPSA) is 3.24 Å². The molecule has 1 aliphatic rings.